The van der Waals surface area contributed by atoms with Crippen molar-refractivity contribution >= 4 is 6.08 Å². The van der Waals surface area contributed by atoms with Gasteiger partial charge in [-0.3, -0.25) is 0 Å². The zero-order valence-corrected chi connectivity index (χ0v) is 9.43. The van der Waals surface area contributed by atoms with E-state index >= 15 is 0 Å². The number of azide groups is 1. The highest BCUT2D eigenvalue weighted by Crippen LogP contribution is 2.07. The van der Waals surface area contributed by atoms with Crippen molar-refractivity contribution in [2.45, 2.75) is 13.0 Å². The molecule has 0 aliphatic rings. The van der Waals surface area contributed by atoms with E-state index in [2.05, 4.69) is 33.5 Å². The van der Waals surface area contributed by atoms with Crippen LogP contribution in [0.4, 0.5) is 0 Å². The molecule has 0 unspecified atom stereocenters. The summed E-state index contributed by atoms with van der Waals surface area (Å²) in [5.41, 5.74) is 10.5. The van der Waals surface area contributed by atoms with Gasteiger partial charge >= 0.3 is 0 Å². The Balaban J connectivity index is 2.52. The highest BCUT2D eigenvalue weighted by atomic mass is 15.1. The van der Waals surface area contributed by atoms with Crippen molar-refractivity contribution in [2.24, 2.45) is 5.11 Å². The van der Waals surface area contributed by atoms with Crippen LogP contribution < -0.4 is 5.32 Å². The first-order chi connectivity index (χ1) is 7.86. The third-order valence-corrected chi connectivity index (χ3v) is 2.10. The van der Waals surface area contributed by atoms with Gasteiger partial charge in [-0.15, -0.1) is 0 Å². The number of benzene rings is 1. The standard InChI is InChI=1S/C12H16N4/c1-14-10-12-7-4-6-11(9-12)5-2-3-8-15-16-13/h2,4-7,9,14H,3,8,10H2,1H3. The molecule has 0 heterocycles. The van der Waals surface area contributed by atoms with Crippen LogP contribution in [0.1, 0.15) is 17.5 Å². The Morgan fingerprint density at radius 1 is 1.50 bits per heavy atom. The lowest BCUT2D eigenvalue weighted by molar-refractivity contribution is 0.818. The van der Waals surface area contributed by atoms with Gasteiger partial charge in [0.15, 0.2) is 0 Å². The highest BCUT2D eigenvalue weighted by Gasteiger charge is 1.91. The van der Waals surface area contributed by atoms with Crippen molar-refractivity contribution in [1.29, 1.82) is 0 Å². The molecule has 1 aromatic carbocycles. The van der Waals surface area contributed by atoms with Gasteiger partial charge in [-0.2, -0.15) is 0 Å². The molecule has 1 aromatic rings. The Hall–Kier alpha value is -1.77. The molecule has 0 aromatic heterocycles. The largest absolute Gasteiger partial charge is 0.316 e. The summed E-state index contributed by atoms with van der Waals surface area (Å²) in [7, 11) is 1.93. The summed E-state index contributed by atoms with van der Waals surface area (Å²) in [4.78, 5) is 2.70. The van der Waals surface area contributed by atoms with E-state index < -0.39 is 0 Å². The van der Waals surface area contributed by atoms with Crippen LogP contribution >= 0.6 is 0 Å². The van der Waals surface area contributed by atoms with Crippen LogP contribution in [0.3, 0.4) is 0 Å². The maximum Gasteiger partial charge on any atom is 0.0292 e. The van der Waals surface area contributed by atoms with Gasteiger partial charge in [0.25, 0.3) is 0 Å². The lowest BCUT2D eigenvalue weighted by atomic mass is 10.1. The maximum absolute atomic E-state index is 8.11. The predicted molar refractivity (Wildman–Crippen MR) is 66.9 cm³/mol. The summed E-state index contributed by atoms with van der Waals surface area (Å²) >= 11 is 0. The second kappa shape index (κ2) is 7.51. The molecule has 0 aliphatic carbocycles. The molecule has 0 spiro atoms. The zero-order valence-electron chi connectivity index (χ0n) is 9.43. The summed E-state index contributed by atoms with van der Waals surface area (Å²) in [6.45, 7) is 1.39. The van der Waals surface area contributed by atoms with Gasteiger partial charge < -0.3 is 5.32 Å². The van der Waals surface area contributed by atoms with Crippen molar-refractivity contribution < 1.29 is 0 Å². The van der Waals surface area contributed by atoms with Gasteiger partial charge in [-0.25, -0.2) is 0 Å². The first-order valence-electron chi connectivity index (χ1n) is 5.27. The number of nitrogens with one attached hydrogen (secondary N) is 1. The molecule has 84 valence electrons. The van der Waals surface area contributed by atoms with Crippen LogP contribution in [0.15, 0.2) is 35.5 Å². The second-order valence-corrected chi connectivity index (χ2v) is 3.42. The smallest absolute Gasteiger partial charge is 0.0292 e. The van der Waals surface area contributed by atoms with Crippen LogP contribution in [0, 0.1) is 0 Å². The number of hydrogen-bond acceptors (Lipinski definition) is 2. The van der Waals surface area contributed by atoms with Crippen molar-refractivity contribution in [2.75, 3.05) is 13.6 Å². The molecule has 16 heavy (non-hydrogen) atoms. The summed E-state index contributed by atoms with van der Waals surface area (Å²) in [6, 6.07) is 8.33. The Morgan fingerprint density at radius 3 is 3.12 bits per heavy atom. The molecule has 0 amide bonds. The van der Waals surface area contributed by atoms with E-state index in [1.54, 1.807) is 0 Å². The average molecular weight is 216 g/mol. The Labute approximate surface area is 95.6 Å². The van der Waals surface area contributed by atoms with Crippen LogP contribution in [0.2, 0.25) is 0 Å². The molecular formula is C12H16N4. The van der Waals surface area contributed by atoms with E-state index in [1.165, 1.54) is 11.1 Å². The minimum Gasteiger partial charge on any atom is -0.316 e. The fourth-order valence-corrected chi connectivity index (χ4v) is 1.41. The first-order valence-corrected chi connectivity index (χ1v) is 5.27. The molecule has 0 aliphatic heterocycles. The minimum atomic E-state index is 0.517. The Morgan fingerprint density at radius 2 is 2.38 bits per heavy atom. The molecule has 0 saturated heterocycles. The molecule has 1 rings (SSSR count). The fourth-order valence-electron chi connectivity index (χ4n) is 1.41. The molecule has 0 bridgehead atoms. The van der Waals surface area contributed by atoms with Crippen molar-refractivity contribution in [3.05, 3.63) is 51.9 Å². The van der Waals surface area contributed by atoms with Crippen molar-refractivity contribution in [3.8, 4) is 0 Å². The fraction of sp³-hybridized carbons (Fsp3) is 0.333. The third kappa shape index (κ3) is 4.64. The number of rotatable bonds is 6. The maximum atomic E-state index is 8.11. The normalized spacial score (nSPS) is 10.3. The third-order valence-electron chi connectivity index (χ3n) is 2.10. The predicted octanol–water partition coefficient (Wildman–Crippen LogP) is 3.12. The summed E-state index contributed by atoms with van der Waals surface area (Å²) < 4.78 is 0. The lowest BCUT2D eigenvalue weighted by Gasteiger charge is -2.00. The molecular weight excluding hydrogens is 200 g/mol. The van der Waals surface area contributed by atoms with Crippen molar-refractivity contribution in [3.63, 3.8) is 0 Å². The average Bonchev–Trinajstić information content (AvgIpc) is 2.30. The molecule has 0 atom stereocenters. The molecule has 1 N–H and O–H groups in total. The summed E-state index contributed by atoms with van der Waals surface area (Å²) in [5.74, 6) is 0. The Kier molecular flexibility index (Phi) is 5.78. The van der Waals surface area contributed by atoms with Gasteiger partial charge in [-0.1, -0.05) is 41.5 Å². The van der Waals surface area contributed by atoms with Gasteiger partial charge in [0.05, 0.1) is 0 Å². The molecule has 0 fully saturated rings. The highest BCUT2D eigenvalue weighted by molar-refractivity contribution is 5.50. The number of hydrogen-bond donors (Lipinski definition) is 1. The first kappa shape index (κ1) is 12.3. The summed E-state index contributed by atoms with van der Waals surface area (Å²) in [6.07, 6.45) is 4.85. The lowest BCUT2D eigenvalue weighted by Crippen LogP contribution is -2.04. The van der Waals surface area contributed by atoms with E-state index in [4.69, 9.17) is 5.53 Å². The number of nitrogens with zero attached hydrogens (tertiary/aromatic N) is 3. The Bertz CT molecular complexity index is 392. The SMILES string of the molecule is CNCc1cccc(C=CCCN=[N+]=[N-])c1. The zero-order chi connectivity index (χ0) is 11.6. The van der Waals surface area contributed by atoms with Gasteiger partial charge in [0.1, 0.15) is 0 Å². The van der Waals surface area contributed by atoms with E-state index in [0.29, 0.717) is 6.54 Å². The van der Waals surface area contributed by atoms with Crippen LogP contribution in [0.5, 0.6) is 0 Å². The molecule has 4 nitrogen and oxygen atoms in total. The van der Waals surface area contributed by atoms with Crippen LogP contribution in [-0.4, -0.2) is 13.6 Å². The van der Waals surface area contributed by atoms with Gasteiger partial charge in [0, 0.05) is 18.0 Å². The molecule has 0 saturated carbocycles. The van der Waals surface area contributed by atoms with Gasteiger partial charge in [0.2, 0.25) is 0 Å². The molecule has 0 radical (unpaired) electrons. The van der Waals surface area contributed by atoms with E-state index in [9.17, 15) is 0 Å². The van der Waals surface area contributed by atoms with Crippen LogP contribution in [0.25, 0.3) is 16.5 Å². The van der Waals surface area contributed by atoms with Gasteiger partial charge in [-0.05, 0) is 30.1 Å². The topological polar surface area (TPSA) is 60.8 Å². The van der Waals surface area contributed by atoms with E-state index in [1.807, 2.05) is 25.3 Å². The van der Waals surface area contributed by atoms with Crippen molar-refractivity contribution in [1.82, 2.24) is 5.32 Å². The quantitative estimate of drug-likeness (QED) is 0.337. The van der Waals surface area contributed by atoms with E-state index in [0.717, 1.165) is 13.0 Å². The summed E-state index contributed by atoms with van der Waals surface area (Å²) in [5, 5.41) is 6.59. The van der Waals surface area contributed by atoms with E-state index in [-0.39, 0.29) is 0 Å². The second-order valence-electron chi connectivity index (χ2n) is 3.42. The monoisotopic (exact) mass is 216 g/mol. The minimum absolute atomic E-state index is 0.517. The molecule has 4 heteroatoms. The van der Waals surface area contributed by atoms with Crippen LogP contribution in [-0.2, 0) is 6.54 Å².